The highest BCUT2D eigenvalue weighted by molar-refractivity contribution is 5.66. The van der Waals surface area contributed by atoms with Crippen molar-refractivity contribution < 1.29 is 0 Å². The van der Waals surface area contributed by atoms with E-state index in [0.717, 1.165) is 23.7 Å². The van der Waals surface area contributed by atoms with Crippen LogP contribution in [0.25, 0.3) is 11.1 Å². The van der Waals surface area contributed by atoms with Crippen molar-refractivity contribution in [3.8, 4) is 11.1 Å². The quantitative estimate of drug-likeness (QED) is 0.359. The number of benzene rings is 2. The third-order valence-corrected chi connectivity index (χ3v) is 8.90. The van der Waals surface area contributed by atoms with E-state index in [9.17, 15) is 0 Å². The number of nitrogens with one attached hydrogen (secondary N) is 1. The first kappa shape index (κ1) is 24.4. The second-order valence-electron chi connectivity index (χ2n) is 11.1. The zero-order chi connectivity index (χ0) is 22.9. The van der Waals surface area contributed by atoms with Crippen LogP contribution < -0.4 is 5.32 Å². The molecule has 0 spiro atoms. The average molecular weight is 446 g/mol. The normalized spacial score (nSPS) is 25.6. The van der Waals surface area contributed by atoms with Crippen LogP contribution in [0.2, 0.25) is 0 Å². The van der Waals surface area contributed by atoms with E-state index in [-0.39, 0.29) is 0 Å². The van der Waals surface area contributed by atoms with Crippen LogP contribution in [0.4, 0.5) is 5.69 Å². The summed E-state index contributed by atoms with van der Waals surface area (Å²) >= 11 is 0. The number of anilines is 1. The first-order chi connectivity index (χ1) is 16.2. The Hall–Kier alpha value is -1.76. The molecule has 1 heteroatoms. The second-order valence-corrected chi connectivity index (χ2v) is 11.1. The number of hydrogen-bond donors (Lipinski definition) is 1. The lowest BCUT2D eigenvalue weighted by Crippen LogP contribution is -2.17. The van der Waals surface area contributed by atoms with E-state index in [4.69, 9.17) is 0 Å². The predicted octanol–water partition coefficient (Wildman–Crippen LogP) is 9.84. The Morgan fingerprint density at radius 1 is 0.606 bits per heavy atom. The molecule has 2 aromatic rings. The van der Waals surface area contributed by atoms with E-state index < -0.39 is 0 Å². The van der Waals surface area contributed by atoms with Crippen molar-refractivity contribution in [3.05, 3.63) is 54.1 Å². The maximum Gasteiger partial charge on any atom is 0.0337 e. The average Bonchev–Trinajstić information content (AvgIpc) is 2.89. The summed E-state index contributed by atoms with van der Waals surface area (Å²) in [5, 5.41) is 3.20. The molecule has 2 saturated carbocycles. The topological polar surface area (TPSA) is 12.0 Å². The van der Waals surface area contributed by atoms with Gasteiger partial charge in [-0.3, -0.25) is 0 Å². The van der Waals surface area contributed by atoms with Crippen molar-refractivity contribution in [2.75, 3.05) is 12.4 Å². The zero-order valence-corrected chi connectivity index (χ0v) is 21.3. The molecular formula is C32H47N. The summed E-state index contributed by atoms with van der Waals surface area (Å²) in [6, 6.07) is 18.2. The lowest BCUT2D eigenvalue weighted by atomic mass is 9.74. The molecule has 0 atom stereocenters. The van der Waals surface area contributed by atoms with E-state index in [2.05, 4.69) is 60.8 Å². The van der Waals surface area contributed by atoms with Crippen molar-refractivity contribution in [1.82, 2.24) is 0 Å². The first-order valence-corrected chi connectivity index (χ1v) is 14.1. The molecule has 0 bridgehead atoms. The van der Waals surface area contributed by atoms with Gasteiger partial charge in [0.25, 0.3) is 0 Å². The summed E-state index contributed by atoms with van der Waals surface area (Å²) in [5.74, 6) is 3.87. The van der Waals surface area contributed by atoms with E-state index in [1.807, 2.05) is 7.05 Å². The van der Waals surface area contributed by atoms with Gasteiger partial charge in [-0.25, -0.2) is 0 Å². The van der Waals surface area contributed by atoms with Crippen molar-refractivity contribution in [2.24, 2.45) is 17.8 Å². The summed E-state index contributed by atoms with van der Waals surface area (Å²) in [6.07, 6.45) is 20.6. The molecule has 0 heterocycles. The fourth-order valence-corrected chi connectivity index (χ4v) is 6.52. The van der Waals surface area contributed by atoms with Crippen LogP contribution >= 0.6 is 0 Å². The number of hydrogen-bond acceptors (Lipinski definition) is 1. The molecule has 0 radical (unpaired) electrons. The minimum absolute atomic E-state index is 0.778. The molecule has 0 aliphatic heterocycles. The third-order valence-electron chi connectivity index (χ3n) is 8.90. The molecule has 0 amide bonds. The minimum atomic E-state index is 0.778. The first-order valence-electron chi connectivity index (χ1n) is 14.1. The van der Waals surface area contributed by atoms with Crippen LogP contribution in [0.5, 0.6) is 0 Å². The van der Waals surface area contributed by atoms with Gasteiger partial charge in [0, 0.05) is 12.7 Å². The van der Waals surface area contributed by atoms with Crippen molar-refractivity contribution in [2.45, 2.75) is 103 Å². The van der Waals surface area contributed by atoms with Crippen LogP contribution in [0.1, 0.15) is 108 Å². The highest BCUT2D eigenvalue weighted by Gasteiger charge is 2.25. The highest BCUT2D eigenvalue weighted by atomic mass is 14.8. The Balaban J connectivity index is 1.16. The van der Waals surface area contributed by atoms with Crippen LogP contribution in [-0.2, 0) is 0 Å². The Bertz CT molecular complexity index is 789. The maximum absolute atomic E-state index is 3.20. The molecule has 1 nitrogen and oxygen atoms in total. The molecule has 2 fully saturated rings. The Morgan fingerprint density at radius 2 is 1.09 bits per heavy atom. The van der Waals surface area contributed by atoms with Gasteiger partial charge in [-0.05, 0) is 78.2 Å². The van der Waals surface area contributed by atoms with E-state index in [0.29, 0.717) is 0 Å². The smallest absolute Gasteiger partial charge is 0.0337 e. The minimum Gasteiger partial charge on any atom is -0.388 e. The van der Waals surface area contributed by atoms with E-state index in [1.54, 1.807) is 5.56 Å². The van der Waals surface area contributed by atoms with Crippen molar-refractivity contribution >= 4 is 5.69 Å². The predicted molar refractivity (Wildman–Crippen MR) is 145 cm³/mol. The lowest BCUT2D eigenvalue weighted by molar-refractivity contribution is 0.222. The van der Waals surface area contributed by atoms with Crippen molar-refractivity contribution in [3.63, 3.8) is 0 Å². The lowest BCUT2D eigenvalue weighted by Gasteiger charge is -2.32. The summed E-state index contributed by atoms with van der Waals surface area (Å²) in [6.45, 7) is 2.33. The third kappa shape index (κ3) is 7.11. The van der Waals surface area contributed by atoms with Gasteiger partial charge in [0.05, 0.1) is 0 Å². The molecule has 2 aromatic carbocycles. The molecule has 0 unspecified atom stereocenters. The fourth-order valence-electron chi connectivity index (χ4n) is 6.52. The molecule has 0 aromatic heterocycles. The molecule has 4 rings (SSSR count). The van der Waals surface area contributed by atoms with Gasteiger partial charge in [0.1, 0.15) is 0 Å². The summed E-state index contributed by atoms with van der Waals surface area (Å²) in [7, 11) is 1.97. The molecule has 33 heavy (non-hydrogen) atoms. The second kappa shape index (κ2) is 12.6. The number of unbranched alkanes of at least 4 members (excludes halogenated alkanes) is 2. The summed E-state index contributed by atoms with van der Waals surface area (Å²) in [5.41, 5.74) is 5.36. The standard InChI is InChI=1S/C32H47N/c1-3-4-5-6-25-7-9-26(10-8-25)11-12-27-13-15-28(16-14-27)29-17-19-30(20-18-29)31-21-23-32(33-2)24-22-31/h17-28,33H,3-16H2,1-2H3. The van der Waals surface area contributed by atoms with Crippen LogP contribution in [-0.4, -0.2) is 7.05 Å². The van der Waals surface area contributed by atoms with Gasteiger partial charge in [-0.2, -0.15) is 0 Å². The Morgan fingerprint density at radius 3 is 1.61 bits per heavy atom. The van der Waals surface area contributed by atoms with Gasteiger partial charge < -0.3 is 5.32 Å². The summed E-state index contributed by atoms with van der Waals surface area (Å²) < 4.78 is 0. The number of rotatable bonds is 10. The van der Waals surface area contributed by atoms with Crippen LogP contribution in [0, 0.1) is 17.8 Å². The zero-order valence-electron chi connectivity index (χ0n) is 21.3. The molecule has 180 valence electrons. The molecule has 2 aliphatic carbocycles. The highest BCUT2D eigenvalue weighted by Crippen LogP contribution is 2.40. The Kier molecular flexibility index (Phi) is 9.33. The molecule has 0 saturated heterocycles. The SMILES string of the molecule is CCCCCC1CCC(CCC2CCC(c3ccc(-c4ccc(NC)cc4)cc3)CC2)CC1. The maximum atomic E-state index is 3.20. The largest absolute Gasteiger partial charge is 0.388 e. The van der Waals surface area contributed by atoms with Gasteiger partial charge in [0.2, 0.25) is 0 Å². The van der Waals surface area contributed by atoms with Crippen LogP contribution in [0.3, 0.4) is 0 Å². The van der Waals surface area contributed by atoms with Gasteiger partial charge in [0.15, 0.2) is 0 Å². The van der Waals surface area contributed by atoms with E-state index in [1.165, 1.54) is 107 Å². The summed E-state index contributed by atoms with van der Waals surface area (Å²) in [4.78, 5) is 0. The van der Waals surface area contributed by atoms with Gasteiger partial charge in [-0.1, -0.05) is 108 Å². The monoisotopic (exact) mass is 445 g/mol. The molecule has 2 aliphatic rings. The van der Waals surface area contributed by atoms with Gasteiger partial charge >= 0.3 is 0 Å². The molecular weight excluding hydrogens is 398 g/mol. The van der Waals surface area contributed by atoms with Crippen LogP contribution in [0.15, 0.2) is 48.5 Å². The van der Waals surface area contributed by atoms with E-state index >= 15 is 0 Å². The molecule has 1 N–H and O–H groups in total. The van der Waals surface area contributed by atoms with Gasteiger partial charge in [-0.15, -0.1) is 0 Å². The van der Waals surface area contributed by atoms with Crippen molar-refractivity contribution in [1.29, 1.82) is 0 Å². The Labute approximate surface area is 203 Å². The fraction of sp³-hybridized carbons (Fsp3) is 0.625.